The number of piperazine rings is 1. The molecule has 1 aromatic rings. The fraction of sp³-hybridized carbons (Fsp3) is 0.538. The van der Waals surface area contributed by atoms with E-state index in [4.69, 9.17) is 23.2 Å². The van der Waals surface area contributed by atoms with E-state index in [1.165, 1.54) is 0 Å². The van der Waals surface area contributed by atoms with Gasteiger partial charge >= 0.3 is 0 Å². The van der Waals surface area contributed by atoms with Gasteiger partial charge in [0.05, 0.1) is 5.75 Å². The molecule has 112 valence electrons. The molecule has 0 unspecified atom stereocenters. The SMILES string of the molecule is CCS(=O)(=O)N1CCN(Cc2c(Cl)cccc2Cl)CC1. The van der Waals surface area contributed by atoms with Crippen LogP contribution in [0.4, 0.5) is 0 Å². The van der Waals surface area contributed by atoms with Gasteiger partial charge in [0.1, 0.15) is 0 Å². The van der Waals surface area contributed by atoms with Gasteiger partial charge < -0.3 is 0 Å². The summed E-state index contributed by atoms with van der Waals surface area (Å²) in [5.41, 5.74) is 0.905. The van der Waals surface area contributed by atoms with Crippen LogP contribution in [-0.4, -0.2) is 49.6 Å². The molecule has 0 saturated carbocycles. The van der Waals surface area contributed by atoms with Crippen LogP contribution >= 0.6 is 23.2 Å². The van der Waals surface area contributed by atoms with Crippen molar-refractivity contribution >= 4 is 33.2 Å². The molecule has 1 aliphatic heterocycles. The quantitative estimate of drug-likeness (QED) is 0.847. The maximum Gasteiger partial charge on any atom is 0.213 e. The van der Waals surface area contributed by atoms with Gasteiger partial charge in [-0.1, -0.05) is 29.3 Å². The lowest BCUT2D eigenvalue weighted by Crippen LogP contribution is -2.48. The molecule has 0 atom stereocenters. The number of nitrogens with zero attached hydrogens (tertiary/aromatic N) is 2. The van der Waals surface area contributed by atoms with E-state index in [0.29, 0.717) is 42.8 Å². The fourth-order valence-corrected chi connectivity index (χ4v) is 3.86. The first-order chi connectivity index (χ1) is 9.44. The average molecular weight is 337 g/mol. The third-order valence-corrected chi connectivity index (χ3v) is 6.12. The average Bonchev–Trinajstić information content (AvgIpc) is 2.43. The first-order valence-electron chi connectivity index (χ1n) is 6.57. The molecule has 1 fully saturated rings. The normalized spacial score (nSPS) is 18.4. The number of halogens is 2. The Morgan fingerprint density at radius 1 is 1.10 bits per heavy atom. The van der Waals surface area contributed by atoms with Crippen molar-refractivity contribution in [2.75, 3.05) is 31.9 Å². The van der Waals surface area contributed by atoms with Crippen molar-refractivity contribution < 1.29 is 8.42 Å². The van der Waals surface area contributed by atoms with Gasteiger partial charge in [-0.3, -0.25) is 4.90 Å². The predicted octanol–water partition coefficient (Wildman–Crippen LogP) is 2.46. The zero-order valence-electron chi connectivity index (χ0n) is 11.3. The largest absolute Gasteiger partial charge is 0.296 e. The van der Waals surface area contributed by atoms with E-state index >= 15 is 0 Å². The smallest absolute Gasteiger partial charge is 0.213 e. The van der Waals surface area contributed by atoms with Crippen LogP contribution in [0.2, 0.25) is 10.0 Å². The van der Waals surface area contributed by atoms with Gasteiger partial charge in [-0.25, -0.2) is 8.42 Å². The van der Waals surface area contributed by atoms with Gasteiger partial charge in [-0.15, -0.1) is 0 Å². The number of rotatable bonds is 4. The van der Waals surface area contributed by atoms with Crippen molar-refractivity contribution in [2.24, 2.45) is 0 Å². The fourth-order valence-electron chi connectivity index (χ4n) is 2.26. The molecule has 2 rings (SSSR count). The molecule has 20 heavy (non-hydrogen) atoms. The standard InChI is InChI=1S/C13H18Cl2N2O2S/c1-2-20(18,19)17-8-6-16(7-9-17)10-11-12(14)4-3-5-13(11)15/h3-5H,2,6-10H2,1H3. The number of sulfonamides is 1. The highest BCUT2D eigenvalue weighted by Gasteiger charge is 2.25. The maximum atomic E-state index is 11.8. The second kappa shape index (κ2) is 6.62. The number of hydrogen-bond donors (Lipinski definition) is 0. The van der Waals surface area contributed by atoms with Crippen molar-refractivity contribution in [1.82, 2.24) is 9.21 Å². The van der Waals surface area contributed by atoms with E-state index in [-0.39, 0.29) is 5.75 Å². The minimum Gasteiger partial charge on any atom is -0.296 e. The Labute approximate surface area is 130 Å². The summed E-state index contributed by atoms with van der Waals surface area (Å²) >= 11 is 12.3. The molecule has 1 aliphatic rings. The third kappa shape index (κ3) is 3.65. The molecule has 1 heterocycles. The first kappa shape index (κ1) is 16.0. The molecule has 0 amide bonds. The Morgan fingerprint density at radius 3 is 2.15 bits per heavy atom. The maximum absolute atomic E-state index is 11.8. The highest BCUT2D eigenvalue weighted by Crippen LogP contribution is 2.26. The summed E-state index contributed by atoms with van der Waals surface area (Å²) in [6.45, 7) is 4.77. The van der Waals surface area contributed by atoms with E-state index in [2.05, 4.69) is 4.90 Å². The van der Waals surface area contributed by atoms with Crippen molar-refractivity contribution in [2.45, 2.75) is 13.5 Å². The van der Waals surface area contributed by atoms with Crippen LogP contribution < -0.4 is 0 Å². The summed E-state index contributed by atoms with van der Waals surface area (Å²) < 4.78 is 25.1. The van der Waals surface area contributed by atoms with Gasteiger partial charge in [0.25, 0.3) is 0 Å². The number of benzene rings is 1. The molecule has 4 nitrogen and oxygen atoms in total. The van der Waals surface area contributed by atoms with Crippen LogP contribution in [0, 0.1) is 0 Å². The van der Waals surface area contributed by atoms with Crippen LogP contribution in [0.25, 0.3) is 0 Å². The summed E-state index contributed by atoms with van der Waals surface area (Å²) in [6.07, 6.45) is 0. The van der Waals surface area contributed by atoms with Gasteiger partial charge in [0.2, 0.25) is 10.0 Å². The molecule has 1 aromatic carbocycles. The predicted molar refractivity (Wildman–Crippen MR) is 82.8 cm³/mol. The molecule has 0 bridgehead atoms. The zero-order chi connectivity index (χ0) is 14.8. The molecular weight excluding hydrogens is 319 g/mol. The van der Waals surface area contributed by atoms with E-state index in [1.54, 1.807) is 11.2 Å². The first-order valence-corrected chi connectivity index (χ1v) is 8.93. The molecule has 0 spiro atoms. The lowest BCUT2D eigenvalue weighted by molar-refractivity contribution is 0.182. The Hall–Kier alpha value is -0.330. The minimum absolute atomic E-state index is 0.156. The Bertz CT molecular complexity index is 549. The highest BCUT2D eigenvalue weighted by atomic mass is 35.5. The lowest BCUT2D eigenvalue weighted by atomic mass is 10.2. The van der Waals surface area contributed by atoms with Gasteiger partial charge in [-0.2, -0.15) is 4.31 Å². The van der Waals surface area contributed by atoms with Gasteiger partial charge in [0, 0.05) is 48.3 Å². The lowest BCUT2D eigenvalue weighted by Gasteiger charge is -2.34. The van der Waals surface area contributed by atoms with Crippen molar-refractivity contribution in [1.29, 1.82) is 0 Å². The summed E-state index contributed by atoms with van der Waals surface area (Å²) in [6, 6.07) is 5.46. The van der Waals surface area contributed by atoms with Gasteiger partial charge in [0.15, 0.2) is 0 Å². The third-order valence-electron chi connectivity index (χ3n) is 3.53. The van der Waals surface area contributed by atoms with E-state index in [0.717, 1.165) is 5.56 Å². The van der Waals surface area contributed by atoms with Crippen molar-refractivity contribution in [3.8, 4) is 0 Å². The molecule has 7 heteroatoms. The van der Waals surface area contributed by atoms with Crippen LogP contribution in [-0.2, 0) is 16.6 Å². The second-order valence-corrected chi connectivity index (χ2v) is 7.85. The topological polar surface area (TPSA) is 40.6 Å². The van der Waals surface area contributed by atoms with Crippen LogP contribution in [0.3, 0.4) is 0 Å². The monoisotopic (exact) mass is 336 g/mol. The van der Waals surface area contributed by atoms with Crippen LogP contribution in [0.1, 0.15) is 12.5 Å². The summed E-state index contributed by atoms with van der Waals surface area (Å²) in [7, 11) is -3.08. The number of hydrogen-bond acceptors (Lipinski definition) is 3. The minimum atomic E-state index is -3.08. The van der Waals surface area contributed by atoms with Crippen molar-refractivity contribution in [3.63, 3.8) is 0 Å². The summed E-state index contributed by atoms with van der Waals surface area (Å²) in [5, 5.41) is 1.31. The Kier molecular flexibility index (Phi) is 5.31. The molecule has 0 N–H and O–H groups in total. The summed E-state index contributed by atoms with van der Waals surface area (Å²) in [4.78, 5) is 2.18. The van der Waals surface area contributed by atoms with Crippen LogP contribution in [0.15, 0.2) is 18.2 Å². The Morgan fingerprint density at radius 2 is 1.65 bits per heavy atom. The highest BCUT2D eigenvalue weighted by molar-refractivity contribution is 7.89. The second-order valence-electron chi connectivity index (χ2n) is 4.78. The summed E-state index contributed by atoms with van der Waals surface area (Å²) in [5.74, 6) is 0.156. The Balaban J connectivity index is 1.99. The van der Waals surface area contributed by atoms with Crippen LogP contribution in [0.5, 0.6) is 0 Å². The van der Waals surface area contributed by atoms with E-state index in [9.17, 15) is 8.42 Å². The molecular formula is C13H18Cl2N2O2S. The zero-order valence-corrected chi connectivity index (χ0v) is 13.7. The molecule has 0 aliphatic carbocycles. The van der Waals surface area contributed by atoms with E-state index in [1.807, 2.05) is 18.2 Å². The molecule has 1 saturated heterocycles. The van der Waals surface area contributed by atoms with Crippen molar-refractivity contribution in [3.05, 3.63) is 33.8 Å². The van der Waals surface area contributed by atoms with Gasteiger partial charge in [-0.05, 0) is 19.1 Å². The van der Waals surface area contributed by atoms with E-state index < -0.39 is 10.0 Å². The molecule has 0 radical (unpaired) electrons. The molecule has 0 aromatic heterocycles.